The number of rotatable bonds is 5. The van der Waals surface area contributed by atoms with Crippen LogP contribution in [0.1, 0.15) is 40.5 Å². The molecule has 5 heterocycles. The lowest BCUT2D eigenvalue weighted by Gasteiger charge is -2.51. The fourth-order valence-electron chi connectivity index (χ4n) is 7.37. The smallest absolute Gasteiger partial charge is 0.413 e. The van der Waals surface area contributed by atoms with Gasteiger partial charge in [-0.2, -0.15) is 0 Å². The number of carbonyl (C=O) groups is 3. The monoisotopic (exact) mass is 686 g/mol. The molecule has 0 bridgehead atoms. The number of benzene rings is 2. The number of hydrogen-bond acceptors (Lipinski definition) is 10. The van der Waals surface area contributed by atoms with Gasteiger partial charge in [0.05, 0.1) is 26.4 Å². The average molecular weight is 687 g/mol. The molecular formula is C35H31FN4O8S. The van der Waals surface area contributed by atoms with Crippen LogP contribution in [0.25, 0.3) is 21.6 Å². The molecule has 3 aliphatic heterocycles. The number of methoxy groups -OCH3 is 1. The molecule has 0 saturated carbocycles. The van der Waals surface area contributed by atoms with Gasteiger partial charge in [-0.15, -0.1) is 11.3 Å². The molecule has 1 unspecified atom stereocenters. The zero-order valence-electron chi connectivity index (χ0n) is 26.4. The van der Waals surface area contributed by atoms with Crippen LogP contribution < -0.4 is 15.2 Å². The molecule has 0 N–H and O–H groups in total. The van der Waals surface area contributed by atoms with Crippen LogP contribution in [-0.2, 0) is 19.0 Å². The summed E-state index contributed by atoms with van der Waals surface area (Å²) in [6, 6.07) is 14.6. The Morgan fingerprint density at radius 1 is 1.02 bits per heavy atom. The first kappa shape index (κ1) is 31.1. The van der Waals surface area contributed by atoms with Gasteiger partial charge in [-0.1, -0.05) is 30.3 Å². The van der Waals surface area contributed by atoms with E-state index < -0.39 is 48.4 Å². The van der Waals surface area contributed by atoms with E-state index in [1.54, 1.807) is 27.0 Å². The van der Waals surface area contributed by atoms with Gasteiger partial charge < -0.3 is 23.8 Å². The first-order chi connectivity index (χ1) is 23.9. The molecule has 2 aromatic carbocycles. The van der Waals surface area contributed by atoms with E-state index in [1.165, 1.54) is 36.4 Å². The van der Waals surface area contributed by atoms with Crippen molar-refractivity contribution in [2.24, 2.45) is 0 Å². The molecule has 0 spiro atoms. The lowest BCUT2D eigenvalue weighted by Crippen LogP contribution is -2.66. The minimum atomic E-state index is -0.801. The molecule has 0 radical (unpaired) electrons. The lowest BCUT2D eigenvalue weighted by molar-refractivity contribution is -0.145. The molecule has 252 valence electrons. The highest BCUT2D eigenvalue weighted by Gasteiger charge is 2.46. The summed E-state index contributed by atoms with van der Waals surface area (Å²) in [6.07, 6.45) is 1.17. The van der Waals surface area contributed by atoms with Crippen molar-refractivity contribution < 1.29 is 37.7 Å². The third-order valence-corrected chi connectivity index (χ3v) is 10.5. The Balaban J connectivity index is 1.22. The molecular weight excluding hydrogens is 655 g/mol. The molecule has 2 saturated heterocycles. The van der Waals surface area contributed by atoms with Crippen LogP contribution in [-0.4, -0.2) is 84.9 Å². The number of pyridine rings is 1. The van der Waals surface area contributed by atoms with E-state index in [9.17, 15) is 23.6 Å². The van der Waals surface area contributed by atoms with Crippen molar-refractivity contribution in [1.82, 2.24) is 14.5 Å². The van der Waals surface area contributed by atoms with E-state index in [4.69, 9.17) is 18.9 Å². The molecule has 14 heteroatoms. The maximum atomic E-state index is 14.9. The number of amides is 2. The average Bonchev–Trinajstić information content (AvgIpc) is 3.80. The largest absolute Gasteiger partial charge is 0.467 e. The second-order valence-electron chi connectivity index (χ2n) is 12.1. The fraction of sp³-hybridized carbons (Fsp3) is 0.314. The Kier molecular flexibility index (Phi) is 7.83. The van der Waals surface area contributed by atoms with Gasteiger partial charge in [-0.25, -0.2) is 14.0 Å². The van der Waals surface area contributed by atoms with Crippen molar-refractivity contribution in [3.63, 3.8) is 0 Å². The summed E-state index contributed by atoms with van der Waals surface area (Å²) >= 11 is 1.57. The third kappa shape index (κ3) is 5.05. The Hall–Kier alpha value is -5.21. The van der Waals surface area contributed by atoms with E-state index in [0.717, 1.165) is 32.7 Å². The summed E-state index contributed by atoms with van der Waals surface area (Å²) in [4.78, 5) is 56.6. The predicted octanol–water partition coefficient (Wildman–Crippen LogP) is 4.35. The molecule has 2 amide bonds. The number of ether oxygens (including phenoxy) is 4. The lowest BCUT2D eigenvalue weighted by atomic mass is 9.92. The summed E-state index contributed by atoms with van der Waals surface area (Å²) in [5.74, 6) is -1.66. The highest BCUT2D eigenvalue weighted by molar-refractivity contribution is 7.14. The number of hydrogen-bond donors (Lipinski definition) is 0. The van der Waals surface area contributed by atoms with E-state index in [1.807, 2.05) is 40.7 Å². The van der Waals surface area contributed by atoms with Gasteiger partial charge in [-0.3, -0.25) is 24.2 Å². The first-order valence-corrected chi connectivity index (χ1v) is 16.8. The normalized spacial score (nSPS) is 20.7. The second-order valence-corrected chi connectivity index (χ2v) is 13.0. The number of likely N-dealkylation sites (tertiary alicyclic amines) is 1. The van der Waals surface area contributed by atoms with Gasteiger partial charge in [0.15, 0.2) is 5.69 Å². The number of esters is 1. The molecule has 3 atom stereocenters. The molecule has 2 aromatic heterocycles. The van der Waals surface area contributed by atoms with Gasteiger partial charge >= 0.3 is 12.1 Å². The number of carbonyl (C=O) groups excluding carboxylic acids is 3. The molecule has 1 aliphatic carbocycles. The second kappa shape index (κ2) is 12.3. The van der Waals surface area contributed by atoms with Crippen LogP contribution >= 0.6 is 11.3 Å². The Bertz CT molecular complexity index is 2050. The van der Waals surface area contributed by atoms with Crippen LogP contribution in [0.2, 0.25) is 0 Å². The highest BCUT2D eigenvalue weighted by Crippen LogP contribution is 2.50. The molecule has 12 nitrogen and oxygen atoms in total. The summed E-state index contributed by atoms with van der Waals surface area (Å²) in [7, 11) is 1.25. The Morgan fingerprint density at radius 2 is 1.86 bits per heavy atom. The summed E-state index contributed by atoms with van der Waals surface area (Å²) < 4.78 is 38.5. The van der Waals surface area contributed by atoms with E-state index >= 15 is 0 Å². The number of halogens is 1. The van der Waals surface area contributed by atoms with Gasteiger partial charge in [0.1, 0.15) is 18.0 Å². The zero-order valence-corrected chi connectivity index (χ0v) is 27.2. The maximum absolute atomic E-state index is 14.9. The van der Waals surface area contributed by atoms with Crippen LogP contribution in [0.15, 0.2) is 71.0 Å². The number of morpholine rings is 1. The SMILES string of the molecule is COC(=O)[C@@H]1CCCN1C(=O)OCOc1c2n(ccc1=O)N(C1c3ccc(F)cc3-c3ccsc3-c3ccccc31)[C@@H]1COCCN1C2=O. The van der Waals surface area contributed by atoms with Crippen molar-refractivity contribution in [1.29, 1.82) is 0 Å². The van der Waals surface area contributed by atoms with E-state index in [-0.39, 0.29) is 30.4 Å². The minimum absolute atomic E-state index is 0.0459. The van der Waals surface area contributed by atoms with Crippen molar-refractivity contribution in [3.8, 4) is 27.3 Å². The zero-order chi connectivity index (χ0) is 33.8. The van der Waals surface area contributed by atoms with Crippen molar-refractivity contribution >= 4 is 29.3 Å². The third-order valence-electron chi connectivity index (χ3n) is 9.53. The number of fused-ring (bicyclic) bond motifs is 7. The molecule has 4 aliphatic rings. The van der Waals surface area contributed by atoms with Gasteiger partial charge in [-0.05, 0) is 58.7 Å². The van der Waals surface area contributed by atoms with E-state index in [0.29, 0.717) is 26.0 Å². The van der Waals surface area contributed by atoms with Crippen LogP contribution in [0, 0.1) is 5.82 Å². The van der Waals surface area contributed by atoms with Crippen LogP contribution in [0.4, 0.5) is 9.18 Å². The Labute approximate surface area is 283 Å². The van der Waals surface area contributed by atoms with E-state index in [2.05, 4.69) is 0 Å². The van der Waals surface area contributed by atoms with Crippen LogP contribution in [0.5, 0.6) is 5.75 Å². The quantitative estimate of drug-likeness (QED) is 0.223. The maximum Gasteiger partial charge on any atom is 0.413 e. The molecule has 4 aromatic rings. The highest BCUT2D eigenvalue weighted by atomic mass is 32.1. The first-order valence-electron chi connectivity index (χ1n) is 15.9. The summed E-state index contributed by atoms with van der Waals surface area (Å²) in [5.41, 5.74) is 3.68. The number of aromatic nitrogens is 1. The van der Waals surface area contributed by atoms with Crippen molar-refractivity contribution in [2.75, 3.05) is 45.2 Å². The standard InChI is InChI=1S/C35H31FN4O8S/c1-45-34(43)26-7-4-12-37(26)35(44)48-19-47-31-27(41)10-13-39-30(31)33(42)38-14-15-46-18-28(38)40(39)29-21-5-2-3-6-23(21)32-24(11-16-49-32)25-17-20(36)8-9-22(25)29/h2-3,5-6,8-11,13,16-17,26,28-29H,4,7,12,14-15,18-19H2,1H3/t26-,28+,29?/m0/s1. The Morgan fingerprint density at radius 3 is 2.71 bits per heavy atom. The van der Waals surface area contributed by atoms with Crippen molar-refractivity contribution in [3.05, 3.63) is 99.0 Å². The molecule has 8 rings (SSSR count). The summed E-state index contributed by atoms with van der Waals surface area (Å²) in [5, 5.41) is 3.97. The van der Waals surface area contributed by atoms with Gasteiger partial charge in [0, 0.05) is 35.8 Å². The van der Waals surface area contributed by atoms with Crippen LogP contribution in [0.3, 0.4) is 0 Å². The number of nitrogens with zero attached hydrogens (tertiary/aromatic N) is 4. The molecule has 49 heavy (non-hydrogen) atoms. The van der Waals surface area contributed by atoms with Gasteiger partial charge in [0.2, 0.25) is 18.0 Å². The summed E-state index contributed by atoms with van der Waals surface area (Å²) in [6.45, 7) is 0.343. The molecule has 2 fully saturated rings. The van der Waals surface area contributed by atoms with Gasteiger partial charge in [0.25, 0.3) is 5.91 Å². The number of thiophene rings is 1. The topological polar surface area (TPSA) is 120 Å². The minimum Gasteiger partial charge on any atom is -0.467 e. The predicted molar refractivity (Wildman–Crippen MR) is 175 cm³/mol. The fourth-order valence-corrected chi connectivity index (χ4v) is 8.33. The van der Waals surface area contributed by atoms with Crippen molar-refractivity contribution in [2.45, 2.75) is 31.1 Å².